The number of hydrogen-bond acceptors (Lipinski definition) is 28. The maximum atomic E-state index is 14.1. The van der Waals surface area contributed by atoms with E-state index in [4.69, 9.17) is 37.9 Å². The van der Waals surface area contributed by atoms with Crippen LogP contribution in [0.15, 0.2) is 18.2 Å². The van der Waals surface area contributed by atoms with Crippen LogP contribution in [0.3, 0.4) is 0 Å². The Bertz CT molecular complexity index is 2150. The van der Waals surface area contributed by atoms with E-state index < -0.39 is 199 Å². The summed E-state index contributed by atoms with van der Waals surface area (Å²) in [6, 6.07) is 2.51. The van der Waals surface area contributed by atoms with Gasteiger partial charge in [0.05, 0.1) is 87.5 Å². The number of ether oxygens (including phenoxy) is 8. The van der Waals surface area contributed by atoms with Crippen LogP contribution in [0.5, 0.6) is 0 Å². The summed E-state index contributed by atoms with van der Waals surface area (Å²) < 4.78 is 43.0. The van der Waals surface area contributed by atoms with Crippen LogP contribution in [0, 0.1) is 58.1 Å². The summed E-state index contributed by atoms with van der Waals surface area (Å²) in [5.74, 6) is -9.49. The molecule has 30 heteroatoms. The van der Waals surface area contributed by atoms with Crippen molar-refractivity contribution in [2.45, 2.75) is 106 Å². The van der Waals surface area contributed by atoms with Crippen LogP contribution in [0.1, 0.15) is 117 Å². The first kappa shape index (κ1) is 74.5. The van der Waals surface area contributed by atoms with Gasteiger partial charge in [0.25, 0.3) is 11.4 Å². The molecule has 30 nitrogen and oxygen atoms in total. The highest BCUT2D eigenvalue weighted by atomic mass is 16.6. The van der Waals surface area contributed by atoms with E-state index >= 15 is 0 Å². The number of unbranched alkanes of at least 4 members (excludes halogenated alkanes) is 8. The Kier molecular flexibility index (Phi) is 30.8. The minimum Gasteiger partial charge on any atom is -0.465 e. The third-order valence-electron chi connectivity index (χ3n) is 13.7. The molecule has 83 heavy (non-hydrogen) atoms. The molecule has 0 bridgehead atoms. The van der Waals surface area contributed by atoms with Crippen LogP contribution in [0.25, 0.3) is 0 Å². The predicted octanol–water partition coefficient (Wildman–Crippen LogP) is 0.956. The SMILES string of the molecule is CC(CO)(CO)C(=O)OCC(C)(COC(=O)C(C)(CO)CO)C(=O)OCC(C)(COC(=O)C(C)(COC(=O)C(C)(CO)CO)COC(=O)C(C)(CO)CO)C(=O)OCCCCCCCCCCCOC(=O)c1cc([N+](=O)[O-])cc([N+](=O)[O-])c1. The van der Waals surface area contributed by atoms with Gasteiger partial charge in [0.1, 0.15) is 77.5 Å². The van der Waals surface area contributed by atoms with Gasteiger partial charge in [0, 0.05) is 12.1 Å². The van der Waals surface area contributed by atoms with Gasteiger partial charge in [-0.1, -0.05) is 44.9 Å². The van der Waals surface area contributed by atoms with Gasteiger partial charge in [0.2, 0.25) is 0 Å². The van der Waals surface area contributed by atoms with Gasteiger partial charge in [-0.2, -0.15) is 0 Å². The highest BCUT2D eigenvalue weighted by Crippen LogP contribution is 2.32. The lowest BCUT2D eigenvalue weighted by molar-refractivity contribution is -0.394. The summed E-state index contributed by atoms with van der Waals surface area (Å²) in [7, 11) is 0. The number of aliphatic hydroxyl groups is 8. The molecule has 0 fully saturated rings. The lowest BCUT2D eigenvalue weighted by Gasteiger charge is -2.33. The lowest BCUT2D eigenvalue weighted by Crippen LogP contribution is -2.48. The van der Waals surface area contributed by atoms with Crippen molar-refractivity contribution in [3.8, 4) is 0 Å². The van der Waals surface area contributed by atoms with Crippen molar-refractivity contribution in [1.29, 1.82) is 0 Å². The monoisotopic (exact) mass is 1190 g/mol. The Hall–Kier alpha value is -6.54. The molecule has 0 unspecified atom stereocenters. The number of hydrogen-bond donors (Lipinski definition) is 8. The van der Waals surface area contributed by atoms with Crippen LogP contribution < -0.4 is 0 Å². The summed E-state index contributed by atoms with van der Waals surface area (Å²) >= 11 is 0. The molecule has 1 rings (SSSR count). The molecule has 472 valence electrons. The van der Waals surface area contributed by atoms with Crippen molar-refractivity contribution in [3.05, 3.63) is 44.0 Å². The van der Waals surface area contributed by atoms with Gasteiger partial charge in [-0.3, -0.25) is 53.8 Å². The summed E-state index contributed by atoms with van der Waals surface area (Å²) in [5, 5.41) is 100. The Balaban J connectivity index is 3.32. The molecule has 0 amide bonds. The average Bonchev–Trinajstić information content (AvgIpc) is 3.67. The van der Waals surface area contributed by atoms with E-state index in [-0.39, 0.29) is 18.8 Å². The first-order chi connectivity index (χ1) is 38.8. The van der Waals surface area contributed by atoms with Crippen LogP contribution in [-0.4, -0.2) is 204 Å². The minimum absolute atomic E-state index is 0.0233. The van der Waals surface area contributed by atoms with E-state index in [9.17, 15) is 99.4 Å². The number of carbonyl (C=O) groups excluding carboxylic acids is 8. The molecule has 0 heterocycles. The fourth-order valence-electron chi connectivity index (χ4n) is 6.54. The van der Waals surface area contributed by atoms with Crippen molar-refractivity contribution < 1.29 is 127 Å². The van der Waals surface area contributed by atoms with Gasteiger partial charge in [-0.25, -0.2) is 4.79 Å². The first-order valence-corrected chi connectivity index (χ1v) is 26.5. The number of aliphatic hydroxyl groups excluding tert-OH is 8. The number of non-ortho nitro benzene ring substituents is 2. The molecule has 0 saturated heterocycles. The maximum Gasteiger partial charge on any atom is 0.338 e. The average molecular weight is 1200 g/mol. The predicted molar refractivity (Wildman–Crippen MR) is 282 cm³/mol. The van der Waals surface area contributed by atoms with Crippen LogP contribution >= 0.6 is 0 Å². The Morgan fingerprint density at radius 1 is 0.337 bits per heavy atom. The Morgan fingerprint density at radius 3 is 0.771 bits per heavy atom. The Morgan fingerprint density at radius 2 is 0.542 bits per heavy atom. The number of benzene rings is 1. The maximum absolute atomic E-state index is 14.1. The molecule has 0 aliphatic carbocycles. The second-order valence-electron chi connectivity index (χ2n) is 22.4. The summed E-state index contributed by atoms with van der Waals surface area (Å²) in [6.07, 6.45) is 5.80. The van der Waals surface area contributed by atoms with Crippen molar-refractivity contribution in [2.75, 3.05) is 106 Å². The van der Waals surface area contributed by atoms with Gasteiger partial charge in [0.15, 0.2) is 0 Å². The number of nitro groups is 2. The van der Waals surface area contributed by atoms with Crippen LogP contribution in [-0.2, 0) is 71.5 Å². The zero-order chi connectivity index (χ0) is 63.5. The van der Waals surface area contributed by atoms with E-state index in [0.29, 0.717) is 32.1 Å². The molecule has 8 N–H and O–H groups in total. The number of nitro benzene ring substituents is 2. The van der Waals surface area contributed by atoms with Crippen LogP contribution in [0.2, 0.25) is 0 Å². The van der Waals surface area contributed by atoms with E-state index in [1.165, 1.54) is 0 Å². The molecule has 0 atom stereocenters. The molecule has 1 aromatic rings. The summed E-state index contributed by atoms with van der Waals surface area (Å²) in [6.45, 7) is -5.27. The van der Waals surface area contributed by atoms with Gasteiger partial charge < -0.3 is 78.7 Å². The normalized spacial score (nSPS) is 12.4. The van der Waals surface area contributed by atoms with Gasteiger partial charge >= 0.3 is 47.8 Å². The van der Waals surface area contributed by atoms with Crippen molar-refractivity contribution >= 4 is 59.1 Å². The fraction of sp³-hybridized carbons (Fsp3) is 0.736. The molecule has 0 aliphatic rings. The van der Waals surface area contributed by atoms with Crippen molar-refractivity contribution in [3.63, 3.8) is 0 Å². The second kappa shape index (κ2) is 34.3. The Labute approximate surface area is 478 Å². The largest absolute Gasteiger partial charge is 0.465 e. The zero-order valence-electron chi connectivity index (χ0n) is 48.0. The molecule has 0 aromatic heterocycles. The van der Waals surface area contributed by atoms with Crippen LogP contribution in [0.4, 0.5) is 11.4 Å². The standard InChI is InChI=1S/C53H82N2O28/c1-47(22-56,23-57)40(65)78-32-52(6,33-79-41(66)48(2,24-58)25-59)45(70)82-30-51(5,31-83-46(71)53(7,34-80-42(67)49(3,26-60)27-61)35-81-43(68)50(4,28-62)29-63)44(69)77-18-16-14-12-10-8-9-11-13-15-17-76-39(64)36-19-37(54(72)73)21-38(20-36)55(74)75/h19-21,56-63H,8-18,22-35H2,1-7H3. The fourth-order valence-corrected chi connectivity index (χ4v) is 6.54. The number of carbonyl (C=O) groups is 8. The topological polar surface area (TPSA) is 459 Å². The quantitative estimate of drug-likeness (QED) is 0.0149. The number of nitrogens with zero attached hydrogens (tertiary/aromatic N) is 2. The zero-order valence-corrected chi connectivity index (χ0v) is 48.0. The van der Waals surface area contributed by atoms with Gasteiger partial charge in [-0.05, 0) is 61.3 Å². The van der Waals surface area contributed by atoms with E-state index in [1.807, 2.05) is 0 Å². The minimum atomic E-state index is -2.17. The molecule has 0 saturated carbocycles. The summed E-state index contributed by atoms with van der Waals surface area (Å²) in [5.41, 5.74) is -15.6. The number of rotatable bonds is 42. The van der Waals surface area contributed by atoms with Crippen molar-refractivity contribution in [2.24, 2.45) is 37.9 Å². The van der Waals surface area contributed by atoms with E-state index in [1.54, 1.807) is 0 Å². The summed E-state index contributed by atoms with van der Waals surface area (Å²) in [4.78, 5) is 127. The molecule has 0 spiro atoms. The second-order valence-corrected chi connectivity index (χ2v) is 22.4. The van der Waals surface area contributed by atoms with E-state index in [2.05, 4.69) is 0 Å². The number of esters is 8. The van der Waals surface area contributed by atoms with E-state index in [0.717, 1.165) is 92.3 Å². The highest BCUT2D eigenvalue weighted by molar-refractivity contribution is 5.91. The highest BCUT2D eigenvalue weighted by Gasteiger charge is 2.48. The first-order valence-electron chi connectivity index (χ1n) is 26.5. The molecule has 0 radical (unpaired) electrons. The molecular formula is C53H82N2O28. The van der Waals surface area contributed by atoms with Gasteiger partial charge in [-0.15, -0.1) is 0 Å². The molecule has 0 aliphatic heterocycles. The molecule has 1 aromatic carbocycles. The smallest absolute Gasteiger partial charge is 0.338 e. The molecular weight excluding hydrogens is 1110 g/mol. The van der Waals surface area contributed by atoms with Crippen molar-refractivity contribution in [1.82, 2.24) is 0 Å². The lowest BCUT2D eigenvalue weighted by atomic mass is 9.89. The third-order valence-corrected chi connectivity index (χ3v) is 13.7. The third kappa shape index (κ3) is 22.2.